The molecule has 4 heteroatoms. The number of anilines is 2. The molecule has 2 N–H and O–H groups in total. The van der Waals surface area contributed by atoms with Crippen molar-refractivity contribution in [2.75, 3.05) is 10.6 Å². The van der Waals surface area contributed by atoms with Crippen LogP contribution in [-0.4, -0.2) is 11.9 Å². The predicted octanol–water partition coefficient (Wildman–Crippen LogP) is 5.84. The van der Waals surface area contributed by atoms with Crippen LogP contribution in [0.5, 0.6) is 0 Å². The van der Waals surface area contributed by atoms with E-state index in [-0.39, 0.29) is 5.91 Å². The Hall–Kier alpha value is -2.62. The third kappa shape index (κ3) is 7.97. The quantitative estimate of drug-likeness (QED) is 0.339. The molecule has 138 valence electrons. The number of amides is 1. The molecular weight excluding hydrogens is 322 g/mol. The Morgan fingerprint density at radius 3 is 1.81 bits per heavy atom. The number of aliphatic imine (C=N–C) groups is 1. The van der Waals surface area contributed by atoms with Crippen molar-refractivity contribution < 1.29 is 4.79 Å². The van der Waals surface area contributed by atoms with E-state index in [0.717, 1.165) is 24.2 Å². The van der Waals surface area contributed by atoms with E-state index in [2.05, 4.69) is 22.5 Å². The van der Waals surface area contributed by atoms with Crippen LogP contribution in [0, 0.1) is 0 Å². The third-order valence-electron chi connectivity index (χ3n) is 4.05. The average Bonchev–Trinajstić information content (AvgIpc) is 2.66. The van der Waals surface area contributed by atoms with E-state index < -0.39 is 0 Å². The maximum absolute atomic E-state index is 12.3. The number of unbranched alkanes of at least 4 members (excludes halogenated alkanes) is 5. The Labute approximate surface area is 156 Å². The topological polar surface area (TPSA) is 53.5 Å². The highest BCUT2D eigenvalue weighted by Crippen LogP contribution is 2.11. The molecule has 26 heavy (non-hydrogen) atoms. The van der Waals surface area contributed by atoms with Gasteiger partial charge in [0.25, 0.3) is 0 Å². The summed E-state index contributed by atoms with van der Waals surface area (Å²) in [7, 11) is 0. The maximum atomic E-state index is 12.3. The highest BCUT2D eigenvalue weighted by Gasteiger charge is 2.06. The van der Waals surface area contributed by atoms with Crippen LogP contribution in [0.25, 0.3) is 0 Å². The number of nitrogens with zero attached hydrogens (tertiary/aromatic N) is 1. The molecule has 0 aromatic heterocycles. The number of hydrogen-bond acceptors (Lipinski definition) is 1. The van der Waals surface area contributed by atoms with E-state index in [1.54, 1.807) is 0 Å². The second-order valence-electron chi connectivity index (χ2n) is 6.35. The van der Waals surface area contributed by atoms with Crippen LogP contribution in [0.3, 0.4) is 0 Å². The first kappa shape index (κ1) is 19.7. The fraction of sp³-hybridized carbons (Fsp3) is 0.364. The minimum atomic E-state index is -0.0950. The Morgan fingerprint density at radius 2 is 1.27 bits per heavy atom. The van der Waals surface area contributed by atoms with E-state index >= 15 is 0 Å². The van der Waals surface area contributed by atoms with Gasteiger partial charge in [0.05, 0.1) is 0 Å². The zero-order valence-corrected chi connectivity index (χ0v) is 15.6. The lowest BCUT2D eigenvalue weighted by atomic mass is 10.1. The van der Waals surface area contributed by atoms with Gasteiger partial charge in [-0.1, -0.05) is 75.4 Å². The van der Waals surface area contributed by atoms with Gasteiger partial charge < -0.3 is 10.6 Å². The summed E-state index contributed by atoms with van der Waals surface area (Å²) in [6, 6.07) is 19.5. The molecule has 0 atom stereocenters. The SMILES string of the molecule is CCCCCCCCC(=O)N=C(Nc1ccccc1)Nc1ccccc1. The van der Waals surface area contributed by atoms with Crippen LogP contribution < -0.4 is 10.6 Å². The molecule has 2 rings (SSSR count). The summed E-state index contributed by atoms with van der Waals surface area (Å²) in [4.78, 5) is 16.5. The van der Waals surface area contributed by atoms with Gasteiger partial charge in [-0.3, -0.25) is 4.79 Å². The largest absolute Gasteiger partial charge is 0.326 e. The summed E-state index contributed by atoms with van der Waals surface area (Å²) in [6.07, 6.45) is 7.45. The summed E-state index contributed by atoms with van der Waals surface area (Å²) in [5.41, 5.74) is 1.78. The number of nitrogens with one attached hydrogen (secondary N) is 2. The van der Waals surface area contributed by atoms with Gasteiger partial charge >= 0.3 is 0 Å². The Morgan fingerprint density at radius 1 is 0.769 bits per heavy atom. The first-order chi connectivity index (χ1) is 12.8. The lowest BCUT2D eigenvalue weighted by Gasteiger charge is -2.12. The number of para-hydroxylation sites is 2. The molecule has 0 heterocycles. The molecule has 0 aliphatic rings. The molecular formula is C22H29N3O. The lowest BCUT2D eigenvalue weighted by Crippen LogP contribution is -2.23. The fourth-order valence-electron chi connectivity index (χ4n) is 2.64. The van der Waals surface area contributed by atoms with Crippen molar-refractivity contribution in [3.05, 3.63) is 60.7 Å². The Bertz CT molecular complexity index is 625. The van der Waals surface area contributed by atoms with Crippen LogP contribution in [-0.2, 0) is 4.79 Å². The molecule has 2 aromatic rings. The number of carbonyl (C=O) groups is 1. The van der Waals surface area contributed by atoms with Crippen molar-refractivity contribution in [1.29, 1.82) is 0 Å². The number of carbonyl (C=O) groups excluding carboxylic acids is 1. The van der Waals surface area contributed by atoms with E-state index in [0.29, 0.717) is 12.4 Å². The first-order valence-corrected chi connectivity index (χ1v) is 9.53. The number of benzene rings is 2. The molecule has 0 radical (unpaired) electrons. The van der Waals surface area contributed by atoms with Crippen LogP contribution in [0.15, 0.2) is 65.7 Å². The molecule has 0 aliphatic heterocycles. The van der Waals surface area contributed by atoms with Crippen LogP contribution in [0.2, 0.25) is 0 Å². The van der Waals surface area contributed by atoms with Gasteiger partial charge in [0, 0.05) is 17.8 Å². The minimum absolute atomic E-state index is 0.0950. The van der Waals surface area contributed by atoms with E-state index in [4.69, 9.17) is 0 Å². The van der Waals surface area contributed by atoms with Crippen molar-refractivity contribution >= 4 is 23.2 Å². The standard InChI is InChI=1S/C22H29N3O/c1-2-3-4-5-6-13-18-21(26)25-22(23-19-14-9-7-10-15-19)24-20-16-11-8-12-17-20/h7-12,14-17H,2-6,13,18H2,1H3,(H2,23,24,25,26). The molecule has 0 saturated heterocycles. The van der Waals surface area contributed by atoms with Gasteiger partial charge in [0.15, 0.2) is 0 Å². The van der Waals surface area contributed by atoms with E-state index in [1.165, 1.54) is 25.7 Å². The van der Waals surface area contributed by atoms with E-state index in [9.17, 15) is 4.79 Å². The molecule has 1 amide bonds. The summed E-state index contributed by atoms with van der Waals surface area (Å²) in [5.74, 6) is 0.362. The van der Waals surface area contributed by atoms with Crippen molar-refractivity contribution in [3.8, 4) is 0 Å². The number of guanidine groups is 1. The van der Waals surface area contributed by atoms with Gasteiger partial charge in [0.1, 0.15) is 0 Å². The van der Waals surface area contributed by atoms with Crippen molar-refractivity contribution in [2.24, 2.45) is 4.99 Å². The zero-order valence-electron chi connectivity index (χ0n) is 15.6. The average molecular weight is 351 g/mol. The molecule has 0 spiro atoms. The molecule has 0 unspecified atom stereocenters. The molecule has 0 aliphatic carbocycles. The zero-order chi connectivity index (χ0) is 18.5. The highest BCUT2D eigenvalue weighted by atomic mass is 16.1. The lowest BCUT2D eigenvalue weighted by molar-refractivity contribution is -0.117. The summed E-state index contributed by atoms with van der Waals surface area (Å²) < 4.78 is 0. The molecule has 2 aromatic carbocycles. The first-order valence-electron chi connectivity index (χ1n) is 9.53. The van der Waals surface area contributed by atoms with Crippen LogP contribution in [0.4, 0.5) is 11.4 Å². The van der Waals surface area contributed by atoms with Crippen LogP contribution in [0.1, 0.15) is 51.9 Å². The minimum Gasteiger partial charge on any atom is -0.326 e. The number of rotatable bonds is 9. The molecule has 0 fully saturated rings. The van der Waals surface area contributed by atoms with Gasteiger partial charge in [-0.15, -0.1) is 0 Å². The maximum Gasteiger partial charge on any atom is 0.248 e. The van der Waals surface area contributed by atoms with Gasteiger partial charge in [-0.05, 0) is 30.7 Å². The van der Waals surface area contributed by atoms with Gasteiger partial charge in [-0.2, -0.15) is 4.99 Å². The molecule has 0 saturated carbocycles. The van der Waals surface area contributed by atoms with Crippen molar-refractivity contribution in [3.63, 3.8) is 0 Å². The fourth-order valence-corrected chi connectivity index (χ4v) is 2.64. The molecule has 0 bridgehead atoms. The van der Waals surface area contributed by atoms with Crippen molar-refractivity contribution in [2.45, 2.75) is 51.9 Å². The smallest absolute Gasteiger partial charge is 0.248 e. The van der Waals surface area contributed by atoms with Gasteiger partial charge in [-0.25, -0.2) is 0 Å². The summed E-state index contributed by atoms with van der Waals surface area (Å²) in [5, 5.41) is 6.39. The summed E-state index contributed by atoms with van der Waals surface area (Å²) in [6.45, 7) is 2.21. The highest BCUT2D eigenvalue weighted by molar-refractivity contribution is 6.08. The second-order valence-corrected chi connectivity index (χ2v) is 6.35. The third-order valence-corrected chi connectivity index (χ3v) is 4.05. The normalized spacial score (nSPS) is 10.2. The Kier molecular flexibility index (Phi) is 8.98. The van der Waals surface area contributed by atoms with Gasteiger partial charge in [0.2, 0.25) is 11.9 Å². The van der Waals surface area contributed by atoms with Crippen LogP contribution >= 0.6 is 0 Å². The van der Waals surface area contributed by atoms with Crippen molar-refractivity contribution in [1.82, 2.24) is 0 Å². The number of hydrogen-bond donors (Lipinski definition) is 2. The summed E-state index contributed by atoms with van der Waals surface area (Å²) >= 11 is 0. The predicted molar refractivity (Wildman–Crippen MR) is 111 cm³/mol. The second kappa shape index (κ2) is 11.9. The van der Waals surface area contributed by atoms with E-state index in [1.807, 2.05) is 60.7 Å². The molecule has 4 nitrogen and oxygen atoms in total. The monoisotopic (exact) mass is 351 g/mol. The Balaban J connectivity index is 1.93.